The maximum absolute atomic E-state index is 12.4. The summed E-state index contributed by atoms with van der Waals surface area (Å²) in [6.45, 7) is 0.207. The third-order valence-electron chi connectivity index (χ3n) is 2.78. The Morgan fingerprint density at radius 1 is 1.13 bits per heavy atom. The van der Waals surface area contributed by atoms with E-state index in [-0.39, 0.29) is 12.1 Å². The summed E-state index contributed by atoms with van der Waals surface area (Å²) in [4.78, 5) is 11.8. The van der Waals surface area contributed by atoms with Gasteiger partial charge < -0.3 is 5.32 Å². The van der Waals surface area contributed by atoms with Crippen LogP contribution in [-0.4, -0.2) is 19.8 Å². The summed E-state index contributed by atoms with van der Waals surface area (Å²) < 4.78 is 60.2. The monoisotopic (exact) mass is 383 g/mol. The molecule has 0 aliphatic heterocycles. The van der Waals surface area contributed by atoms with Crippen LogP contribution in [0.3, 0.4) is 0 Å². The van der Waals surface area contributed by atoms with Crippen molar-refractivity contribution in [2.24, 2.45) is 0 Å². The van der Waals surface area contributed by atoms with Crippen molar-refractivity contribution in [3.8, 4) is 0 Å². The van der Waals surface area contributed by atoms with Crippen molar-refractivity contribution in [2.45, 2.75) is 16.9 Å². The van der Waals surface area contributed by atoms with E-state index >= 15 is 0 Å². The molecule has 0 atom stereocenters. The molecule has 124 valence electrons. The molecule has 0 aliphatic rings. The first-order chi connectivity index (χ1) is 10.6. The van der Waals surface area contributed by atoms with E-state index in [0.717, 1.165) is 29.1 Å². The molecule has 2 rings (SSSR count). The molecule has 23 heavy (non-hydrogen) atoms. The topological polar surface area (TPSA) is 63.2 Å². The number of alkyl halides is 3. The second-order valence-corrected chi connectivity index (χ2v) is 8.10. The average Bonchev–Trinajstić information content (AvgIpc) is 2.89. The van der Waals surface area contributed by atoms with Gasteiger partial charge in [0.2, 0.25) is 0 Å². The summed E-state index contributed by atoms with van der Waals surface area (Å²) in [6.07, 6.45) is 0. The number of halogens is 4. The Morgan fingerprint density at radius 3 is 2.22 bits per heavy atom. The van der Waals surface area contributed by atoms with Crippen LogP contribution >= 0.6 is 22.9 Å². The van der Waals surface area contributed by atoms with E-state index in [1.54, 1.807) is 12.1 Å². The highest BCUT2D eigenvalue weighted by molar-refractivity contribution is 7.92. The molecule has 0 bridgehead atoms. The predicted octanol–water partition coefficient (Wildman–Crippen LogP) is 3.63. The normalized spacial score (nSPS) is 12.2. The van der Waals surface area contributed by atoms with E-state index in [4.69, 9.17) is 11.6 Å². The number of hydrogen-bond acceptors (Lipinski definition) is 4. The van der Waals surface area contributed by atoms with Gasteiger partial charge in [-0.25, -0.2) is 8.42 Å². The van der Waals surface area contributed by atoms with Crippen LogP contribution in [0.2, 0.25) is 4.34 Å². The van der Waals surface area contributed by atoms with Crippen LogP contribution in [0.4, 0.5) is 13.2 Å². The van der Waals surface area contributed by atoms with E-state index in [0.29, 0.717) is 4.34 Å². The number of sulfone groups is 1. The van der Waals surface area contributed by atoms with Gasteiger partial charge in [-0.3, -0.25) is 4.79 Å². The zero-order valence-corrected chi connectivity index (χ0v) is 13.6. The first-order valence-electron chi connectivity index (χ1n) is 6.05. The van der Waals surface area contributed by atoms with Crippen molar-refractivity contribution in [1.29, 1.82) is 0 Å². The van der Waals surface area contributed by atoms with Crippen molar-refractivity contribution < 1.29 is 26.4 Å². The number of carbonyl (C=O) groups is 1. The van der Waals surface area contributed by atoms with Gasteiger partial charge in [-0.2, -0.15) is 13.2 Å². The summed E-state index contributed by atoms with van der Waals surface area (Å²) >= 11 is 7.03. The minimum Gasteiger partial charge on any atom is -0.347 e. The van der Waals surface area contributed by atoms with Gasteiger partial charge in [0.25, 0.3) is 15.7 Å². The van der Waals surface area contributed by atoms with Gasteiger partial charge >= 0.3 is 5.51 Å². The SMILES string of the molecule is O=C(NCc1ccc(Cl)s1)c1ccc(S(=O)(=O)C(F)(F)F)cc1. The van der Waals surface area contributed by atoms with Crippen LogP contribution in [0.25, 0.3) is 0 Å². The summed E-state index contributed by atoms with van der Waals surface area (Å²) in [5, 5.41) is 2.56. The number of thiophene rings is 1. The molecule has 0 radical (unpaired) electrons. The fourth-order valence-corrected chi connectivity index (χ4v) is 3.42. The molecule has 2 aromatic rings. The molecule has 0 saturated carbocycles. The highest BCUT2D eigenvalue weighted by Crippen LogP contribution is 2.30. The molecule has 0 fully saturated rings. The van der Waals surface area contributed by atoms with E-state index in [1.165, 1.54) is 11.3 Å². The number of amides is 1. The zero-order valence-electron chi connectivity index (χ0n) is 11.2. The molecule has 1 aromatic heterocycles. The molecular formula is C13H9ClF3NO3S2. The standard InChI is InChI=1S/C13H9ClF3NO3S2/c14-11-6-3-9(22-11)7-18-12(19)8-1-4-10(5-2-8)23(20,21)13(15,16)17/h1-6H,7H2,(H,18,19). The van der Waals surface area contributed by atoms with Crippen molar-refractivity contribution in [2.75, 3.05) is 0 Å². The van der Waals surface area contributed by atoms with Crippen LogP contribution in [0.1, 0.15) is 15.2 Å². The molecule has 1 aromatic carbocycles. The molecule has 4 nitrogen and oxygen atoms in total. The second kappa shape index (κ2) is 6.50. The fourth-order valence-electron chi connectivity index (χ4n) is 1.64. The van der Waals surface area contributed by atoms with Crippen LogP contribution in [0.5, 0.6) is 0 Å². The fraction of sp³-hybridized carbons (Fsp3) is 0.154. The predicted molar refractivity (Wildman–Crippen MR) is 80.2 cm³/mol. The van der Waals surface area contributed by atoms with E-state index < -0.39 is 26.1 Å². The largest absolute Gasteiger partial charge is 0.501 e. The lowest BCUT2D eigenvalue weighted by Crippen LogP contribution is -2.24. The minimum absolute atomic E-state index is 0.0498. The molecule has 10 heteroatoms. The van der Waals surface area contributed by atoms with Gasteiger partial charge in [0.1, 0.15) is 0 Å². The molecule has 1 heterocycles. The number of carbonyl (C=O) groups excluding carboxylic acids is 1. The molecular weight excluding hydrogens is 375 g/mol. The highest BCUT2D eigenvalue weighted by Gasteiger charge is 2.46. The molecule has 0 unspecified atom stereocenters. The maximum Gasteiger partial charge on any atom is 0.501 e. The summed E-state index contributed by atoms with van der Waals surface area (Å²) in [5.41, 5.74) is -5.33. The summed E-state index contributed by atoms with van der Waals surface area (Å²) in [7, 11) is -5.42. The van der Waals surface area contributed by atoms with Crippen LogP contribution in [0.15, 0.2) is 41.3 Å². The molecule has 0 saturated heterocycles. The first kappa shape index (κ1) is 17.8. The van der Waals surface area contributed by atoms with E-state index in [1.807, 2.05) is 0 Å². The van der Waals surface area contributed by atoms with Gasteiger partial charge in [0, 0.05) is 10.4 Å². The molecule has 1 N–H and O–H groups in total. The third kappa shape index (κ3) is 4.04. The highest BCUT2D eigenvalue weighted by atomic mass is 35.5. The second-order valence-electron chi connectivity index (χ2n) is 4.36. The van der Waals surface area contributed by atoms with Crippen molar-refractivity contribution >= 4 is 38.7 Å². The quantitative estimate of drug-likeness (QED) is 0.877. The average molecular weight is 384 g/mol. The summed E-state index contributed by atoms with van der Waals surface area (Å²) in [6, 6.07) is 6.95. The number of hydrogen-bond donors (Lipinski definition) is 1. The van der Waals surface area contributed by atoms with Crippen LogP contribution in [-0.2, 0) is 16.4 Å². The van der Waals surface area contributed by atoms with Crippen molar-refractivity contribution in [1.82, 2.24) is 5.32 Å². The third-order valence-corrected chi connectivity index (χ3v) is 5.52. The van der Waals surface area contributed by atoms with Crippen molar-refractivity contribution in [3.05, 3.63) is 51.2 Å². The smallest absolute Gasteiger partial charge is 0.347 e. The zero-order chi connectivity index (χ0) is 17.3. The number of nitrogens with one attached hydrogen (secondary N) is 1. The van der Waals surface area contributed by atoms with Gasteiger partial charge in [-0.05, 0) is 36.4 Å². The molecule has 0 spiro atoms. The van der Waals surface area contributed by atoms with Gasteiger partial charge in [0.05, 0.1) is 15.8 Å². The Kier molecular flexibility index (Phi) is 5.02. The lowest BCUT2D eigenvalue weighted by atomic mass is 10.2. The van der Waals surface area contributed by atoms with E-state index in [9.17, 15) is 26.4 Å². The van der Waals surface area contributed by atoms with E-state index in [2.05, 4.69) is 5.32 Å². The minimum atomic E-state index is -5.42. The molecule has 1 amide bonds. The van der Waals surface area contributed by atoms with Gasteiger partial charge in [-0.1, -0.05) is 11.6 Å². The van der Waals surface area contributed by atoms with Gasteiger partial charge in [0.15, 0.2) is 0 Å². The number of benzene rings is 1. The Balaban J connectivity index is 2.09. The summed E-state index contributed by atoms with van der Waals surface area (Å²) in [5.74, 6) is -0.537. The van der Waals surface area contributed by atoms with Gasteiger partial charge in [-0.15, -0.1) is 11.3 Å². The van der Waals surface area contributed by atoms with Crippen molar-refractivity contribution in [3.63, 3.8) is 0 Å². The lowest BCUT2D eigenvalue weighted by Gasteiger charge is -2.09. The molecule has 0 aliphatic carbocycles. The van der Waals surface area contributed by atoms with Crippen LogP contribution < -0.4 is 5.32 Å². The Labute approximate surface area is 138 Å². The maximum atomic E-state index is 12.4. The Morgan fingerprint density at radius 2 is 1.74 bits per heavy atom. The Bertz CT molecular complexity index is 814. The van der Waals surface area contributed by atoms with Crippen LogP contribution in [0, 0.1) is 0 Å². The lowest BCUT2D eigenvalue weighted by molar-refractivity contribution is -0.0436. The Hall–Kier alpha value is -1.58. The number of rotatable bonds is 4. The first-order valence-corrected chi connectivity index (χ1v) is 8.73.